The summed E-state index contributed by atoms with van der Waals surface area (Å²) < 4.78 is 0. The highest BCUT2D eigenvalue weighted by Crippen LogP contribution is 2.07. The molecule has 0 spiro atoms. The minimum atomic E-state index is 0.0612. The fourth-order valence-electron chi connectivity index (χ4n) is 1.44. The second kappa shape index (κ2) is 4.30. The van der Waals surface area contributed by atoms with Gasteiger partial charge < -0.3 is 14.9 Å². The molecule has 1 fully saturated rings. The Morgan fingerprint density at radius 1 is 1.33 bits per heavy atom. The minimum Gasteiger partial charge on any atom is -0.395 e. The van der Waals surface area contributed by atoms with Gasteiger partial charge in [-0.25, -0.2) is 4.79 Å². The Kier molecular flexibility index (Phi) is 3.34. The number of carbonyl (C=O) groups excluding carboxylic acids is 1. The molecule has 1 aliphatic heterocycles. The summed E-state index contributed by atoms with van der Waals surface area (Å²) in [5, 5.41) is 8.65. The number of hydrogen-bond acceptors (Lipinski definition) is 2. The van der Waals surface area contributed by atoms with Crippen LogP contribution >= 0.6 is 0 Å². The van der Waals surface area contributed by atoms with E-state index in [0.29, 0.717) is 6.54 Å². The Morgan fingerprint density at radius 2 is 1.92 bits per heavy atom. The lowest BCUT2D eigenvalue weighted by molar-refractivity contribution is 0.179. The number of urea groups is 1. The van der Waals surface area contributed by atoms with Crippen LogP contribution < -0.4 is 0 Å². The molecule has 0 radical (unpaired) electrons. The topological polar surface area (TPSA) is 43.8 Å². The first-order chi connectivity index (χ1) is 5.79. The highest BCUT2D eigenvalue weighted by molar-refractivity contribution is 5.76. The van der Waals surface area contributed by atoms with Crippen molar-refractivity contribution >= 4 is 6.03 Å². The molecular weight excluding hydrogens is 156 g/mol. The third kappa shape index (κ3) is 1.88. The molecule has 0 saturated carbocycles. The molecule has 0 bridgehead atoms. The van der Waals surface area contributed by atoms with E-state index in [-0.39, 0.29) is 12.6 Å². The first-order valence-corrected chi connectivity index (χ1v) is 4.44. The molecule has 4 nitrogen and oxygen atoms in total. The van der Waals surface area contributed by atoms with Crippen LogP contribution in [-0.2, 0) is 0 Å². The summed E-state index contributed by atoms with van der Waals surface area (Å²) in [5.74, 6) is 0. The molecule has 0 atom stereocenters. The zero-order chi connectivity index (χ0) is 8.97. The maximum atomic E-state index is 11.4. The second-order valence-corrected chi connectivity index (χ2v) is 2.98. The summed E-state index contributed by atoms with van der Waals surface area (Å²) in [6.45, 7) is 5.00. The minimum absolute atomic E-state index is 0.0612. The van der Waals surface area contributed by atoms with Crippen molar-refractivity contribution < 1.29 is 9.90 Å². The van der Waals surface area contributed by atoms with Crippen molar-refractivity contribution in [3.05, 3.63) is 0 Å². The van der Waals surface area contributed by atoms with E-state index in [0.717, 1.165) is 26.1 Å². The van der Waals surface area contributed by atoms with Crippen LogP contribution in [0.1, 0.15) is 13.3 Å². The van der Waals surface area contributed by atoms with E-state index >= 15 is 0 Å². The van der Waals surface area contributed by atoms with Gasteiger partial charge >= 0.3 is 6.03 Å². The standard InChI is InChI=1S/C8H16N2O2/c1-2-3-9-4-5-10(6-7-11)8(9)12/h11H,2-7H2,1H3. The van der Waals surface area contributed by atoms with E-state index in [4.69, 9.17) is 5.11 Å². The zero-order valence-corrected chi connectivity index (χ0v) is 7.49. The SMILES string of the molecule is CCCN1CCN(CCO)C1=O. The number of rotatable bonds is 4. The Morgan fingerprint density at radius 3 is 2.42 bits per heavy atom. The van der Waals surface area contributed by atoms with E-state index in [1.54, 1.807) is 4.90 Å². The number of β-amino-alcohol motifs (C(OH)–C–C–N with tert-alkyl or cyclic N) is 1. The molecule has 0 unspecified atom stereocenters. The smallest absolute Gasteiger partial charge is 0.320 e. The summed E-state index contributed by atoms with van der Waals surface area (Å²) >= 11 is 0. The van der Waals surface area contributed by atoms with Crippen LogP contribution in [0, 0.1) is 0 Å². The van der Waals surface area contributed by atoms with Gasteiger partial charge in [-0.05, 0) is 6.42 Å². The summed E-state index contributed by atoms with van der Waals surface area (Å²) in [7, 11) is 0. The molecule has 0 aliphatic carbocycles. The molecule has 70 valence electrons. The Labute approximate surface area is 72.8 Å². The van der Waals surface area contributed by atoms with Gasteiger partial charge in [-0.1, -0.05) is 6.92 Å². The number of hydrogen-bond donors (Lipinski definition) is 1. The number of nitrogens with zero attached hydrogens (tertiary/aromatic N) is 2. The lowest BCUT2D eigenvalue weighted by atomic mass is 10.4. The van der Waals surface area contributed by atoms with Gasteiger partial charge in [0.1, 0.15) is 0 Å². The molecule has 2 amide bonds. The van der Waals surface area contributed by atoms with Gasteiger partial charge in [0.25, 0.3) is 0 Å². The van der Waals surface area contributed by atoms with Gasteiger partial charge in [0.15, 0.2) is 0 Å². The van der Waals surface area contributed by atoms with Gasteiger partial charge in [0.05, 0.1) is 6.61 Å². The van der Waals surface area contributed by atoms with Crippen molar-refractivity contribution in [3.8, 4) is 0 Å². The number of aliphatic hydroxyl groups excluding tert-OH is 1. The summed E-state index contributed by atoms with van der Waals surface area (Å²) in [5.41, 5.74) is 0. The molecule has 0 aromatic rings. The average molecular weight is 172 g/mol. The molecule has 1 heterocycles. The van der Waals surface area contributed by atoms with Crippen LogP contribution in [-0.4, -0.2) is 53.7 Å². The van der Waals surface area contributed by atoms with Crippen LogP contribution in [0.4, 0.5) is 4.79 Å². The van der Waals surface area contributed by atoms with Gasteiger partial charge in [-0.3, -0.25) is 0 Å². The van der Waals surface area contributed by atoms with Gasteiger partial charge in [0, 0.05) is 26.2 Å². The molecule has 0 aromatic heterocycles. The highest BCUT2D eigenvalue weighted by Gasteiger charge is 2.26. The molecule has 1 saturated heterocycles. The first-order valence-electron chi connectivity index (χ1n) is 4.44. The van der Waals surface area contributed by atoms with Gasteiger partial charge in [-0.15, -0.1) is 0 Å². The third-order valence-electron chi connectivity index (χ3n) is 2.04. The van der Waals surface area contributed by atoms with Crippen molar-refractivity contribution in [3.63, 3.8) is 0 Å². The predicted molar refractivity (Wildman–Crippen MR) is 45.9 cm³/mol. The highest BCUT2D eigenvalue weighted by atomic mass is 16.3. The van der Waals surface area contributed by atoms with Crippen molar-refractivity contribution in [2.24, 2.45) is 0 Å². The largest absolute Gasteiger partial charge is 0.395 e. The maximum Gasteiger partial charge on any atom is 0.320 e. The van der Waals surface area contributed by atoms with E-state index in [1.165, 1.54) is 0 Å². The molecule has 0 aromatic carbocycles. The van der Waals surface area contributed by atoms with Crippen LogP contribution in [0.15, 0.2) is 0 Å². The Hall–Kier alpha value is -0.770. The third-order valence-corrected chi connectivity index (χ3v) is 2.04. The lowest BCUT2D eigenvalue weighted by Gasteiger charge is -2.16. The van der Waals surface area contributed by atoms with Crippen molar-refractivity contribution in [2.45, 2.75) is 13.3 Å². The zero-order valence-electron chi connectivity index (χ0n) is 7.49. The van der Waals surface area contributed by atoms with Crippen LogP contribution in [0.5, 0.6) is 0 Å². The number of amides is 2. The van der Waals surface area contributed by atoms with Crippen LogP contribution in [0.2, 0.25) is 0 Å². The number of carbonyl (C=O) groups is 1. The molecule has 1 aliphatic rings. The molecule has 12 heavy (non-hydrogen) atoms. The van der Waals surface area contributed by atoms with Gasteiger partial charge in [0.2, 0.25) is 0 Å². The van der Waals surface area contributed by atoms with Crippen molar-refractivity contribution in [2.75, 3.05) is 32.8 Å². The molecule has 1 rings (SSSR count). The van der Waals surface area contributed by atoms with E-state index in [1.807, 2.05) is 4.90 Å². The summed E-state index contributed by atoms with van der Waals surface area (Å²) in [6.07, 6.45) is 0.999. The fourth-order valence-corrected chi connectivity index (χ4v) is 1.44. The lowest BCUT2D eigenvalue weighted by Crippen LogP contribution is -2.33. The van der Waals surface area contributed by atoms with Gasteiger partial charge in [-0.2, -0.15) is 0 Å². The number of aliphatic hydroxyl groups is 1. The normalized spacial score (nSPS) is 17.7. The van der Waals surface area contributed by atoms with E-state index in [9.17, 15) is 4.79 Å². The first kappa shape index (κ1) is 9.32. The Balaban J connectivity index is 2.38. The predicted octanol–water partition coefficient (Wildman–Crippen LogP) is 0.126. The van der Waals surface area contributed by atoms with E-state index in [2.05, 4.69) is 6.92 Å². The monoisotopic (exact) mass is 172 g/mol. The summed E-state index contributed by atoms with van der Waals surface area (Å²) in [6, 6.07) is 0.0749. The molecule has 4 heteroatoms. The average Bonchev–Trinajstić information content (AvgIpc) is 2.38. The van der Waals surface area contributed by atoms with E-state index < -0.39 is 0 Å². The van der Waals surface area contributed by atoms with Crippen molar-refractivity contribution in [1.29, 1.82) is 0 Å². The van der Waals surface area contributed by atoms with Crippen LogP contribution in [0.25, 0.3) is 0 Å². The van der Waals surface area contributed by atoms with Crippen LogP contribution in [0.3, 0.4) is 0 Å². The summed E-state index contributed by atoms with van der Waals surface area (Å²) in [4.78, 5) is 14.9. The van der Waals surface area contributed by atoms with Crippen molar-refractivity contribution in [1.82, 2.24) is 9.80 Å². The fraction of sp³-hybridized carbons (Fsp3) is 0.875. The maximum absolute atomic E-state index is 11.4. The Bertz CT molecular complexity index is 145. The second-order valence-electron chi connectivity index (χ2n) is 2.98. The molecular formula is C8H16N2O2. The molecule has 1 N–H and O–H groups in total. The quantitative estimate of drug-likeness (QED) is 0.655.